The van der Waals surface area contributed by atoms with Gasteiger partial charge in [-0.1, -0.05) is 30.3 Å². The lowest BCUT2D eigenvalue weighted by atomic mass is 10.3. The van der Waals surface area contributed by atoms with Crippen LogP contribution >= 0.6 is 8.16 Å². The van der Waals surface area contributed by atoms with Crippen LogP contribution in [0.1, 0.15) is 0 Å². The van der Waals surface area contributed by atoms with E-state index in [1.54, 1.807) is 0 Å². The van der Waals surface area contributed by atoms with Crippen LogP contribution in [0, 0.1) is 0 Å². The molecule has 3 rings (SSSR count). The van der Waals surface area contributed by atoms with E-state index in [4.69, 9.17) is 8.72 Å². The van der Waals surface area contributed by atoms with Crippen LogP contribution < -0.4 is 4.52 Å². The Labute approximate surface area is 93.6 Å². The number of fused-ring (bicyclic) bond motifs is 1. The van der Waals surface area contributed by atoms with Crippen molar-refractivity contribution < 1.29 is 8.72 Å². The summed E-state index contributed by atoms with van der Waals surface area (Å²) < 4.78 is 15.6. The largest absolute Gasteiger partial charge is 0.673 e. The average Bonchev–Trinajstić information content (AvgIpc) is 2.72. The molecule has 0 aliphatic rings. The molecule has 3 aromatic rings. The zero-order chi connectivity index (χ0) is 10.8. The third kappa shape index (κ3) is 1.77. The molecule has 0 spiro atoms. The number of hydrogen-bond acceptors (Lipinski definition) is 3. The summed E-state index contributed by atoms with van der Waals surface area (Å²) >= 11 is 0. The second-order valence-electron chi connectivity index (χ2n) is 3.30. The van der Waals surface area contributed by atoms with Crippen LogP contribution in [0.3, 0.4) is 0 Å². The summed E-state index contributed by atoms with van der Waals surface area (Å²) in [4.78, 5) is 0. The zero-order valence-corrected chi connectivity index (χ0v) is 9.30. The quantitative estimate of drug-likeness (QED) is 0.668. The van der Waals surface area contributed by atoms with Gasteiger partial charge in [-0.2, -0.15) is 0 Å². The predicted octanol–water partition coefficient (Wildman–Crippen LogP) is 3.94. The van der Waals surface area contributed by atoms with Gasteiger partial charge >= 0.3 is 8.16 Å². The Hall–Kier alpha value is -1.86. The van der Waals surface area contributed by atoms with Crippen molar-refractivity contribution in [2.75, 3.05) is 0 Å². The second-order valence-corrected chi connectivity index (χ2v) is 4.34. The fourth-order valence-corrected chi connectivity index (χ4v) is 2.50. The van der Waals surface area contributed by atoms with Gasteiger partial charge in [-0.25, -0.2) is 8.72 Å². The molecule has 0 aliphatic carbocycles. The smallest absolute Gasteiger partial charge is 0.236 e. The van der Waals surface area contributed by atoms with Crippen molar-refractivity contribution in [2.45, 2.75) is 0 Å². The van der Waals surface area contributed by atoms with Crippen LogP contribution in [0.25, 0.3) is 11.1 Å². The number of benzene rings is 2. The minimum Gasteiger partial charge on any atom is -0.236 e. The highest BCUT2D eigenvalue weighted by molar-refractivity contribution is 7.34. The summed E-state index contributed by atoms with van der Waals surface area (Å²) in [5.41, 5.74) is 1.66. The van der Waals surface area contributed by atoms with Crippen LogP contribution in [0.5, 0.6) is 5.75 Å². The lowest BCUT2D eigenvalue weighted by Crippen LogP contribution is -1.77. The molecule has 1 heterocycles. The summed E-state index contributed by atoms with van der Waals surface area (Å²) in [5, 5.41) is 0. The molecule has 0 fully saturated rings. The minimum absolute atomic E-state index is 0.783. The van der Waals surface area contributed by atoms with Gasteiger partial charge in [0.15, 0.2) is 11.3 Å². The molecule has 1 atom stereocenters. The Morgan fingerprint density at radius 3 is 2.50 bits per heavy atom. The highest BCUT2D eigenvalue weighted by Crippen LogP contribution is 2.32. The van der Waals surface area contributed by atoms with E-state index in [-0.39, 0.29) is 0 Å². The van der Waals surface area contributed by atoms with Crippen molar-refractivity contribution in [3.05, 3.63) is 54.6 Å². The summed E-state index contributed by atoms with van der Waals surface area (Å²) in [7, 11) is -1.22. The normalized spacial score (nSPS) is 11.6. The number of aromatic nitrogens is 1. The third-order valence-electron chi connectivity index (χ3n) is 2.16. The highest BCUT2D eigenvalue weighted by atomic mass is 31.1. The van der Waals surface area contributed by atoms with Crippen LogP contribution in [0.2, 0.25) is 0 Å². The van der Waals surface area contributed by atoms with Crippen LogP contribution in [0.4, 0.5) is 0 Å². The Kier molecular flexibility index (Phi) is 2.31. The topological polar surface area (TPSA) is 35.3 Å². The van der Waals surface area contributed by atoms with E-state index in [0.717, 1.165) is 16.8 Å². The molecule has 0 radical (unpaired) electrons. The molecule has 78 valence electrons. The molecule has 0 saturated carbocycles. The number of nitrogens with zero attached hydrogens (tertiary/aromatic N) is 1. The fourth-order valence-electron chi connectivity index (χ4n) is 1.42. The van der Waals surface area contributed by atoms with Crippen molar-refractivity contribution in [1.82, 2.24) is 4.75 Å². The van der Waals surface area contributed by atoms with Gasteiger partial charge in [0.2, 0.25) is 5.58 Å². The summed E-state index contributed by atoms with van der Waals surface area (Å²) in [5.74, 6) is 0.783. The Morgan fingerprint density at radius 1 is 0.938 bits per heavy atom. The molecule has 0 bridgehead atoms. The molecule has 3 nitrogen and oxygen atoms in total. The molecule has 1 aromatic heterocycles. The van der Waals surface area contributed by atoms with E-state index in [1.807, 2.05) is 54.6 Å². The number of rotatable bonds is 2. The molecule has 0 aliphatic heterocycles. The molecule has 16 heavy (non-hydrogen) atoms. The van der Waals surface area contributed by atoms with Gasteiger partial charge in [0.05, 0.1) is 0 Å². The van der Waals surface area contributed by atoms with E-state index in [2.05, 4.69) is 4.75 Å². The van der Waals surface area contributed by atoms with Gasteiger partial charge in [-0.05, 0) is 24.3 Å². The molecule has 2 aromatic carbocycles. The van der Waals surface area contributed by atoms with Gasteiger partial charge in [-0.3, -0.25) is 0 Å². The second kappa shape index (κ2) is 3.95. The maximum absolute atomic E-state index is 5.63. The van der Waals surface area contributed by atoms with Crippen molar-refractivity contribution in [3.8, 4) is 5.75 Å². The predicted molar refractivity (Wildman–Crippen MR) is 63.6 cm³/mol. The molecular formula is C12H9NO2P+. The Bertz CT molecular complexity index is 573. The van der Waals surface area contributed by atoms with Crippen molar-refractivity contribution in [2.24, 2.45) is 0 Å². The third-order valence-corrected chi connectivity index (χ3v) is 3.26. The molecule has 0 saturated heterocycles. The average molecular weight is 230 g/mol. The lowest BCUT2D eigenvalue weighted by Gasteiger charge is -1.87. The first kappa shape index (κ1) is 9.37. The highest BCUT2D eigenvalue weighted by Gasteiger charge is 2.20. The maximum atomic E-state index is 5.63. The first-order valence-corrected chi connectivity index (χ1v) is 6.07. The van der Waals surface area contributed by atoms with Crippen molar-refractivity contribution in [1.29, 1.82) is 0 Å². The van der Waals surface area contributed by atoms with Crippen molar-refractivity contribution >= 4 is 19.3 Å². The lowest BCUT2D eigenvalue weighted by molar-refractivity contribution is 0.564. The van der Waals surface area contributed by atoms with Gasteiger partial charge in [0.25, 0.3) is 0 Å². The first-order chi connectivity index (χ1) is 7.92. The fraction of sp³-hybridized carbons (Fsp3) is 0. The molecule has 1 unspecified atom stereocenters. The minimum atomic E-state index is -1.22. The summed E-state index contributed by atoms with van der Waals surface area (Å²) in [6.45, 7) is 0. The van der Waals surface area contributed by atoms with Gasteiger partial charge < -0.3 is 0 Å². The molecular weight excluding hydrogens is 221 g/mol. The van der Waals surface area contributed by atoms with E-state index in [9.17, 15) is 0 Å². The van der Waals surface area contributed by atoms with Gasteiger partial charge in [0.1, 0.15) is 0 Å². The summed E-state index contributed by atoms with van der Waals surface area (Å²) in [6.07, 6.45) is 0. The van der Waals surface area contributed by atoms with Crippen LogP contribution in [-0.4, -0.2) is 4.75 Å². The van der Waals surface area contributed by atoms with E-state index in [0.29, 0.717) is 0 Å². The first-order valence-electron chi connectivity index (χ1n) is 4.94. The molecule has 0 amide bonds. The van der Waals surface area contributed by atoms with E-state index >= 15 is 0 Å². The molecule has 4 heteroatoms. The van der Waals surface area contributed by atoms with E-state index < -0.39 is 8.16 Å². The SMILES string of the molecule is c1ccc(O[p+]2nc3ccccc3o2)cc1. The van der Waals surface area contributed by atoms with Crippen LogP contribution in [0.15, 0.2) is 58.8 Å². The maximum Gasteiger partial charge on any atom is 0.673 e. The van der Waals surface area contributed by atoms with E-state index in [1.165, 1.54) is 0 Å². The Balaban J connectivity index is 1.95. The number of para-hydroxylation sites is 2. The van der Waals surface area contributed by atoms with Crippen molar-refractivity contribution in [3.63, 3.8) is 0 Å². The number of hydrogen-bond donors (Lipinski definition) is 0. The monoisotopic (exact) mass is 230 g/mol. The Morgan fingerprint density at radius 2 is 1.69 bits per heavy atom. The zero-order valence-electron chi connectivity index (χ0n) is 8.41. The standard InChI is InChI=1S/C12H9NO2P/c1-2-6-10(7-3-1)14-16-13-11-8-4-5-9-12(11)15-16/h1-9H/q+1. The van der Waals surface area contributed by atoms with Gasteiger partial charge in [-0.15, -0.1) is 0 Å². The van der Waals surface area contributed by atoms with Crippen LogP contribution in [-0.2, 0) is 0 Å². The molecule has 0 N–H and O–H groups in total. The summed E-state index contributed by atoms with van der Waals surface area (Å²) in [6, 6.07) is 17.3. The van der Waals surface area contributed by atoms with Gasteiger partial charge in [0, 0.05) is 4.75 Å².